The number of aryl methyl sites for hydroxylation is 1. The molecule has 0 spiro atoms. The SMILES string of the molecule is Cn1c(=NC(=O)c2cc(=O)c3ccccc3o2)sc2cc(Cl)ccc21. The van der Waals surface area contributed by atoms with Crippen molar-refractivity contribution in [3.63, 3.8) is 0 Å². The zero-order valence-electron chi connectivity index (χ0n) is 13.0. The molecule has 7 heteroatoms. The van der Waals surface area contributed by atoms with Crippen LogP contribution in [0.3, 0.4) is 0 Å². The van der Waals surface area contributed by atoms with Crippen molar-refractivity contribution >= 4 is 50.0 Å². The average Bonchev–Trinajstić information content (AvgIpc) is 2.90. The fourth-order valence-corrected chi connectivity index (χ4v) is 3.86. The Kier molecular flexibility index (Phi) is 3.78. The lowest BCUT2D eigenvalue weighted by molar-refractivity contribution is 0.0972. The van der Waals surface area contributed by atoms with Crippen LogP contribution >= 0.6 is 22.9 Å². The number of amides is 1. The molecule has 4 aromatic rings. The molecule has 25 heavy (non-hydrogen) atoms. The van der Waals surface area contributed by atoms with Gasteiger partial charge in [0.2, 0.25) is 0 Å². The highest BCUT2D eigenvalue weighted by Crippen LogP contribution is 2.21. The zero-order valence-corrected chi connectivity index (χ0v) is 14.6. The molecule has 2 aromatic heterocycles. The maximum atomic E-state index is 12.5. The van der Waals surface area contributed by atoms with E-state index in [1.807, 2.05) is 19.2 Å². The molecule has 0 fully saturated rings. The third-order valence-corrected chi connectivity index (χ3v) is 5.14. The number of benzene rings is 2. The van der Waals surface area contributed by atoms with Crippen molar-refractivity contribution in [1.29, 1.82) is 0 Å². The molecule has 0 aliphatic heterocycles. The zero-order chi connectivity index (χ0) is 17.6. The third-order valence-electron chi connectivity index (χ3n) is 3.81. The number of fused-ring (bicyclic) bond motifs is 2. The summed E-state index contributed by atoms with van der Waals surface area (Å²) in [6.45, 7) is 0. The normalized spacial score (nSPS) is 12.2. The van der Waals surface area contributed by atoms with Gasteiger partial charge < -0.3 is 8.98 Å². The van der Waals surface area contributed by atoms with Crippen molar-refractivity contribution in [3.8, 4) is 0 Å². The topological polar surface area (TPSA) is 64.6 Å². The molecule has 4 rings (SSSR count). The molecule has 0 aliphatic carbocycles. The number of nitrogens with zero attached hydrogens (tertiary/aromatic N) is 2. The molecule has 0 N–H and O–H groups in total. The van der Waals surface area contributed by atoms with Gasteiger partial charge in [-0.3, -0.25) is 9.59 Å². The number of rotatable bonds is 1. The van der Waals surface area contributed by atoms with Gasteiger partial charge in [-0.1, -0.05) is 35.1 Å². The van der Waals surface area contributed by atoms with Crippen molar-refractivity contribution in [2.45, 2.75) is 0 Å². The first-order chi connectivity index (χ1) is 12.0. The van der Waals surface area contributed by atoms with E-state index in [1.165, 1.54) is 17.4 Å². The lowest BCUT2D eigenvalue weighted by atomic mass is 10.2. The van der Waals surface area contributed by atoms with Crippen LogP contribution in [-0.2, 0) is 7.05 Å². The molecule has 0 unspecified atom stereocenters. The number of hydrogen-bond acceptors (Lipinski definition) is 4. The fraction of sp³-hybridized carbons (Fsp3) is 0.0556. The van der Waals surface area contributed by atoms with E-state index in [0.717, 1.165) is 10.2 Å². The largest absolute Gasteiger partial charge is 0.451 e. The number of thiazole rings is 1. The number of hydrogen-bond donors (Lipinski definition) is 0. The summed E-state index contributed by atoms with van der Waals surface area (Å²) in [5, 5.41) is 1.05. The van der Waals surface area contributed by atoms with Crippen LogP contribution in [0.2, 0.25) is 5.02 Å². The minimum absolute atomic E-state index is 0.0841. The second-order valence-electron chi connectivity index (χ2n) is 5.44. The van der Waals surface area contributed by atoms with Crippen molar-refractivity contribution in [3.05, 3.63) is 74.3 Å². The fourth-order valence-electron chi connectivity index (χ4n) is 2.57. The lowest BCUT2D eigenvalue weighted by Gasteiger charge is -1.99. The van der Waals surface area contributed by atoms with Gasteiger partial charge in [-0.15, -0.1) is 0 Å². The standard InChI is InChI=1S/C18H11ClN2O3S/c1-21-12-7-6-10(19)8-16(12)25-18(21)20-17(23)15-9-13(22)11-4-2-3-5-14(11)24-15/h2-9H,1H3. The molecule has 5 nitrogen and oxygen atoms in total. The highest BCUT2D eigenvalue weighted by atomic mass is 35.5. The summed E-state index contributed by atoms with van der Waals surface area (Å²) in [6, 6.07) is 13.4. The molecule has 124 valence electrons. The van der Waals surface area contributed by atoms with Gasteiger partial charge in [-0.25, -0.2) is 0 Å². The molecule has 2 aromatic carbocycles. The van der Waals surface area contributed by atoms with Crippen LogP contribution in [0.25, 0.3) is 21.2 Å². The third kappa shape index (κ3) is 2.79. The predicted octanol–water partition coefficient (Wildman–Crippen LogP) is 3.74. The van der Waals surface area contributed by atoms with Gasteiger partial charge in [-0.05, 0) is 30.3 Å². The summed E-state index contributed by atoms with van der Waals surface area (Å²) in [7, 11) is 1.81. The summed E-state index contributed by atoms with van der Waals surface area (Å²) in [5.74, 6) is -0.685. The van der Waals surface area contributed by atoms with Crippen LogP contribution in [0.4, 0.5) is 0 Å². The van der Waals surface area contributed by atoms with Gasteiger partial charge in [0, 0.05) is 18.1 Å². The number of aromatic nitrogens is 1. The average molecular weight is 371 g/mol. The van der Waals surface area contributed by atoms with Crippen LogP contribution in [0.15, 0.2) is 62.7 Å². The molecule has 1 amide bonds. The molecule has 0 saturated carbocycles. The van der Waals surface area contributed by atoms with E-state index in [2.05, 4.69) is 4.99 Å². The summed E-state index contributed by atoms with van der Waals surface area (Å²) in [6.07, 6.45) is 0. The molecule has 0 saturated heterocycles. The Labute approximate surface area is 150 Å². The van der Waals surface area contributed by atoms with Crippen LogP contribution < -0.4 is 10.2 Å². The summed E-state index contributed by atoms with van der Waals surface area (Å²) in [5.41, 5.74) is 1.01. The van der Waals surface area contributed by atoms with Gasteiger partial charge in [0.05, 0.1) is 15.6 Å². The Morgan fingerprint density at radius 3 is 2.84 bits per heavy atom. The van der Waals surface area contributed by atoms with Crippen LogP contribution in [0, 0.1) is 0 Å². The predicted molar refractivity (Wildman–Crippen MR) is 98.2 cm³/mol. The molecule has 0 atom stereocenters. The minimum atomic E-state index is -0.601. The second kappa shape index (κ2) is 5.98. The van der Waals surface area contributed by atoms with E-state index < -0.39 is 5.91 Å². The van der Waals surface area contributed by atoms with Gasteiger partial charge in [0.15, 0.2) is 16.0 Å². The molecular formula is C18H11ClN2O3S. The van der Waals surface area contributed by atoms with Crippen molar-refractivity contribution in [2.24, 2.45) is 12.0 Å². The van der Waals surface area contributed by atoms with Crippen LogP contribution in [0.1, 0.15) is 10.6 Å². The number of halogens is 1. The van der Waals surface area contributed by atoms with E-state index in [0.29, 0.717) is 20.8 Å². The summed E-state index contributed by atoms with van der Waals surface area (Å²) < 4.78 is 8.26. The summed E-state index contributed by atoms with van der Waals surface area (Å²) >= 11 is 7.35. The molecular weight excluding hydrogens is 360 g/mol. The Balaban J connectivity index is 1.86. The first-order valence-corrected chi connectivity index (χ1v) is 8.59. The van der Waals surface area contributed by atoms with Crippen molar-refractivity contribution in [1.82, 2.24) is 4.57 Å². The van der Waals surface area contributed by atoms with Crippen LogP contribution in [0.5, 0.6) is 0 Å². The maximum absolute atomic E-state index is 12.5. The van der Waals surface area contributed by atoms with Gasteiger partial charge in [0.1, 0.15) is 5.58 Å². The molecule has 0 bridgehead atoms. The summed E-state index contributed by atoms with van der Waals surface area (Å²) in [4.78, 5) is 29.2. The van der Waals surface area contributed by atoms with Gasteiger partial charge in [0.25, 0.3) is 0 Å². The number of para-hydroxylation sites is 1. The minimum Gasteiger partial charge on any atom is -0.451 e. The van der Waals surface area contributed by atoms with Crippen LogP contribution in [-0.4, -0.2) is 10.5 Å². The molecule has 0 aliphatic rings. The first kappa shape index (κ1) is 15.8. The van der Waals surface area contributed by atoms with Crippen molar-refractivity contribution < 1.29 is 9.21 Å². The number of carbonyl (C=O) groups excluding carboxylic acids is 1. The monoisotopic (exact) mass is 370 g/mol. The Hall–Kier alpha value is -2.70. The van der Waals surface area contributed by atoms with Crippen molar-refractivity contribution in [2.75, 3.05) is 0 Å². The highest BCUT2D eigenvalue weighted by molar-refractivity contribution is 7.16. The van der Waals surface area contributed by atoms with E-state index in [9.17, 15) is 9.59 Å². The van der Waals surface area contributed by atoms with E-state index in [1.54, 1.807) is 34.9 Å². The van der Waals surface area contributed by atoms with E-state index >= 15 is 0 Å². The molecule has 2 heterocycles. The molecule has 0 radical (unpaired) electrons. The second-order valence-corrected chi connectivity index (χ2v) is 6.89. The van der Waals surface area contributed by atoms with E-state index in [4.69, 9.17) is 16.0 Å². The van der Waals surface area contributed by atoms with E-state index in [-0.39, 0.29) is 11.2 Å². The Bertz CT molecular complexity index is 1270. The van der Waals surface area contributed by atoms with Gasteiger partial charge >= 0.3 is 5.91 Å². The first-order valence-electron chi connectivity index (χ1n) is 7.40. The Morgan fingerprint density at radius 2 is 2.00 bits per heavy atom. The number of carbonyl (C=O) groups is 1. The Morgan fingerprint density at radius 1 is 1.20 bits per heavy atom. The van der Waals surface area contributed by atoms with Gasteiger partial charge in [-0.2, -0.15) is 4.99 Å². The lowest BCUT2D eigenvalue weighted by Crippen LogP contribution is -2.14. The highest BCUT2D eigenvalue weighted by Gasteiger charge is 2.12. The quantitative estimate of drug-likeness (QED) is 0.512. The maximum Gasteiger partial charge on any atom is 0.315 e. The smallest absolute Gasteiger partial charge is 0.315 e.